The van der Waals surface area contributed by atoms with Gasteiger partial charge in [0.05, 0.1) is 5.56 Å². The van der Waals surface area contributed by atoms with Gasteiger partial charge in [-0.3, -0.25) is 0 Å². The van der Waals surface area contributed by atoms with Gasteiger partial charge in [0.25, 0.3) is 0 Å². The van der Waals surface area contributed by atoms with Crippen LogP contribution in [0.3, 0.4) is 0 Å². The summed E-state index contributed by atoms with van der Waals surface area (Å²) in [6.07, 6.45) is 0. The molecule has 0 aliphatic rings. The van der Waals surface area contributed by atoms with E-state index in [0.717, 1.165) is 12.1 Å². The second-order valence-electron chi connectivity index (χ2n) is 2.08. The lowest BCUT2D eigenvalue weighted by Crippen LogP contribution is -1.85. The van der Waals surface area contributed by atoms with Crippen LogP contribution in [0.2, 0.25) is 0 Å². The highest BCUT2D eigenvalue weighted by Gasteiger charge is 1.99. The van der Waals surface area contributed by atoms with E-state index in [9.17, 15) is 8.78 Å². The van der Waals surface area contributed by atoms with E-state index < -0.39 is 11.6 Å². The molecule has 1 N–H and O–H groups in total. The molecule has 1 aromatic carbocycles. The van der Waals surface area contributed by atoms with Crippen molar-refractivity contribution in [1.82, 2.24) is 0 Å². The largest absolute Gasteiger partial charge is 0.384 e. The Kier molecular flexibility index (Phi) is 2.78. The molecule has 0 unspecified atom stereocenters. The van der Waals surface area contributed by atoms with Crippen LogP contribution in [0.25, 0.3) is 0 Å². The molecule has 1 rings (SSSR count). The summed E-state index contributed by atoms with van der Waals surface area (Å²) in [4.78, 5) is 0. The van der Waals surface area contributed by atoms with Crippen molar-refractivity contribution in [3.63, 3.8) is 0 Å². The maximum absolute atomic E-state index is 12.7. The lowest BCUT2D eigenvalue weighted by Gasteiger charge is -1.92. The van der Waals surface area contributed by atoms with Gasteiger partial charge in [-0.25, -0.2) is 8.78 Å². The molecule has 1 nitrogen and oxygen atoms in total. The smallest absolute Gasteiger partial charge is 0.141 e. The van der Waals surface area contributed by atoms with Gasteiger partial charge in [-0.1, -0.05) is 11.8 Å². The van der Waals surface area contributed by atoms with Gasteiger partial charge in [0.1, 0.15) is 18.2 Å². The van der Waals surface area contributed by atoms with E-state index in [2.05, 4.69) is 11.8 Å². The van der Waals surface area contributed by atoms with Crippen LogP contribution in [0.15, 0.2) is 18.2 Å². The van der Waals surface area contributed by atoms with Crippen molar-refractivity contribution >= 4 is 0 Å². The highest BCUT2D eigenvalue weighted by Crippen LogP contribution is 2.07. The van der Waals surface area contributed by atoms with Crippen molar-refractivity contribution in [3.05, 3.63) is 35.4 Å². The summed E-state index contributed by atoms with van der Waals surface area (Å²) in [5.41, 5.74) is 0.0884. The quantitative estimate of drug-likeness (QED) is 0.579. The van der Waals surface area contributed by atoms with E-state index in [1.807, 2.05) is 0 Å². The fourth-order valence-corrected chi connectivity index (χ4v) is 0.726. The summed E-state index contributed by atoms with van der Waals surface area (Å²) in [5.74, 6) is 3.27. The Bertz CT molecular complexity index is 336. The van der Waals surface area contributed by atoms with Crippen molar-refractivity contribution in [2.75, 3.05) is 6.61 Å². The molecule has 0 fully saturated rings. The summed E-state index contributed by atoms with van der Waals surface area (Å²) in [6.45, 7) is -0.336. The third-order valence-corrected chi connectivity index (χ3v) is 1.23. The highest BCUT2D eigenvalue weighted by atomic mass is 19.1. The minimum atomic E-state index is -0.712. The van der Waals surface area contributed by atoms with Crippen LogP contribution in [0, 0.1) is 23.5 Å². The van der Waals surface area contributed by atoms with Gasteiger partial charge >= 0.3 is 0 Å². The normalized spacial score (nSPS) is 8.92. The number of aliphatic hydroxyl groups excluding tert-OH is 1. The van der Waals surface area contributed by atoms with E-state index in [4.69, 9.17) is 5.11 Å². The Morgan fingerprint density at radius 3 is 2.67 bits per heavy atom. The highest BCUT2D eigenvalue weighted by molar-refractivity contribution is 5.35. The summed E-state index contributed by atoms with van der Waals surface area (Å²) in [7, 11) is 0. The van der Waals surface area contributed by atoms with Crippen molar-refractivity contribution in [2.24, 2.45) is 0 Å². The van der Waals surface area contributed by atoms with Gasteiger partial charge in [-0.05, 0) is 12.1 Å². The van der Waals surface area contributed by atoms with Crippen molar-refractivity contribution in [3.8, 4) is 11.8 Å². The average Bonchev–Trinajstić information content (AvgIpc) is 2.03. The molecule has 12 heavy (non-hydrogen) atoms. The Morgan fingerprint density at radius 2 is 2.08 bits per heavy atom. The number of benzene rings is 1. The Morgan fingerprint density at radius 1 is 1.33 bits per heavy atom. The third-order valence-electron chi connectivity index (χ3n) is 1.23. The molecule has 3 heteroatoms. The second kappa shape index (κ2) is 3.84. The van der Waals surface area contributed by atoms with Gasteiger partial charge in [0, 0.05) is 6.07 Å². The van der Waals surface area contributed by atoms with Gasteiger partial charge in [-0.15, -0.1) is 0 Å². The van der Waals surface area contributed by atoms with Crippen LogP contribution in [0.1, 0.15) is 5.56 Å². The summed E-state index contributed by atoms with van der Waals surface area (Å²) in [6, 6.07) is 3.10. The molecule has 0 saturated heterocycles. The molecule has 0 aliphatic heterocycles. The fourth-order valence-electron chi connectivity index (χ4n) is 0.726. The standard InChI is InChI=1S/C9H6F2O/c10-8-4-3-7(2-1-5-12)9(11)6-8/h3-4,6,12H,5H2. The van der Waals surface area contributed by atoms with Gasteiger partial charge in [0.2, 0.25) is 0 Å². The van der Waals surface area contributed by atoms with Crippen LogP contribution in [-0.4, -0.2) is 11.7 Å². The molecule has 62 valence electrons. The Labute approximate surface area is 68.7 Å². The monoisotopic (exact) mass is 168 g/mol. The molecule has 0 atom stereocenters. The molecule has 0 radical (unpaired) electrons. The zero-order chi connectivity index (χ0) is 8.97. The van der Waals surface area contributed by atoms with E-state index in [1.54, 1.807) is 0 Å². The summed E-state index contributed by atoms with van der Waals surface area (Å²) >= 11 is 0. The molecule has 0 amide bonds. The van der Waals surface area contributed by atoms with E-state index in [-0.39, 0.29) is 12.2 Å². The van der Waals surface area contributed by atoms with Crippen molar-refractivity contribution in [2.45, 2.75) is 0 Å². The maximum atomic E-state index is 12.7. The molecular weight excluding hydrogens is 162 g/mol. The number of halogens is 2. The minimum Gasteiger partial charge on any atom is -0.384 e. The SMILES string of the molecule is OCC#Cc1ccc(F)cc1F. The molecule has 0 aliphatic carbocycles. The molecule has 0 saturated carbocycles. The van der Waals surface area contributed by atoms with Gasteiger partial charge in [-0.2, -0.15) is 0 Å². The average molecular weight is 168 g/mol. The van der Waals surface area contributed by atoms with E-state index in [1.165, 1.54) is 6.07 Å². The first-order valence-electron chi connectivity index (χ1n) is 3.29. The lowest BCUT2D eigenvalue weighted by atomic mass is 10.2. The minimum absolute atomic E-state index is 0.0884. The predicted molar refractivity (Wildman–Crippen MR) is 40.3 cm³/mol. The fraction of sp³-hybridized carbons (Fsp3) is 0.111. The van der Waals surface area contributed by atoms with Crippen LogP contribution in [0.5, 0.6) is 0 Å². The molecule has 0 spiro atoms. The summed E-state index contributed by atoms with van der Waals surface area (Å²) in [5, 5.41) is 8.30. The lowest BCUT2D eigenvalue weighted by molar-refractivity contribution is 0.350. The number of rotatable bonds is 0. The molecule has 1 aromatic rings. The molecule has 0 heterocycles. The third kappa shape index (κ3) is 2.04. The maximum Gasteiger partial charge on any atom is 0.141 e. The number of aliphatic hydroxyl groups is 1. The first-order valence-corrected chi connectivity index (χ1v) is 3.29. The van der Waals surface area contributed by atoms with Gasteiger partial charge in [0.15, 0.2) is 0 Å². The Balaban J connectivity index is 3.01. The second-order valence-corrected chi connectivity index (χ2v) is 2.08. The zero-order valence-electron chi connectivity index (χ0n) is 6.14. The Hall–Kier alpha value is -1.40. The van der Waals surface area contributed by atoms with Crippen LogP contribution < -0.4 is 0 Å². The van der Waals surface area contributed by atoms with Crippen LogP contribution >= 0.6 is 0 Å². The van der Waals surface area contributed by atoms with E-state index in [0.29, 0.717) is 0 Å². The number of hydrogen-bond donors (Lipinski definition) is 1. The molecular formula is C9H6F2O. The van der Waals surface area contributed by atoms with Crippen LogP contribution in [-0.2, 0) is 0 Å². The van der Waals surface area contributed by atoms with Crippen molar-refractivity contribution in [1.29, 1.82) is 0 Å². The number of hydrogen-bond acceptors (Lipinski definition) is 1. The zero-order valence-corrected chi connectivity index (χ0v) is 6.14. The van der Waals surface area contributed by atoms with Gasteiger partial charge < -0.3 is 5.11 Å². The predicted octanol–water partition coefficient (Wildman–Crippen LogP) is 1.31. The first kappa shape index (κ1) is 8.69. The summed E-state index contributed by atoms with van der Waals surface area (Å²) < 4.78 is 25.1. The molecule has 0 aromatic heterocycles. The van der Waals surface area contributed by atoms with E-state index >= 15 is 0 Å². The molecule has 0 bridgehead atoms. The topological polar surface area (TPSA) is 20.2 Å². The first-order chi connectivity index (χ1) is 5.74. The van der Waals surface area contributed by atoms with Crippen LogP contribution in [0.4, 0.5) is 8.78 Å². The van der Waals surface area contributed by atoms with Crippen molar-refractivity contribution < 1.29 is 13.9 Å².